The van der Waals surface area contributed by atoms with Gasteiger partial charge in [0.15, 0.2) is 0 Å². The Morgan fingerprint density at radius 2 is 2.21 bits per heavy atom. The first kappa shape index (κ1) is 15.2. The molecule has 0 fully saturated rings. The molecule has 5 nitrogen and oxygen atoms in total. The molecular weight excluding hydrogens is 265 g/mol. The van der Waals surface area contributed by atoms with Gasteiger partial charge in [-0.05, 0) is 19.1 Å². The van der Waals surface area contributed by atoms with Crippen LogP contribution < -0.4 is 10.9 Å². The molecular formula is C11H13F3N2O3. The van der Waals surface area contributed by atoms with Crippen LogP contribution in [0.25, 0.3) is 0 Å². The highest BCUT2D eigenvalue weighted by atomic mass is 19.4. The van der Waals surface area contributed by atoms with Crippen molar-refractivity contribution in [1.82, 2.24) is 10.3 Å². The molecule has 0 saturated heterocycles. The Kier molecular flexibility index (Phi) is 5.11. The van der Waals surface area contributed by atoms with Crippen LogP contribution in [0.15, 0.2) is 23.1 Å². The third kappa shape index (κ3) is 5.56. The molecule has 1 amide bonds. The van der Waals surface area contributed by atoms with Gasteiger partial charge in [-0.3, -0.25) is 9.59 Å². The zero-order valence-corrected chi connectivity index (χ0v) is 10.1. The summed E-state index contributed by atoms with van der Waals surface area (Å²) in [6.07, 6.45) is -3.03. The van der Waals surface area contributed by atoms with Gasteiger partial charge in [-0.25, -0.2) is 0 Å². The standard InChI is InChI=1S/C11H13F3N2O3/c1-7(5-19-6-11(12,13)14)16-10(18)8-3-2-4-15-9(8)17/h2-4,7H,5-6H2,1H3,(H,15,17)(H,16,18)/t7-/m1/s1. The molecule has 1 heterocycles. The number of alkyl halides is 3. The molecule has 19 heavy (non-hydrogen) atoms. The summed E-state index contributed by atoms with van der Waals surface area (Å²) >= 11 is 0. The number of hydrogen-bond donors (Lipinski definition) is 2. The van der Waals surface area contributed by atoms with Crippen LogP contribution in [-0.2, 0) is 4.74 Å². The van der Waals surface area contributed by atoms with E-state index in [1.54, 1.807) is 0 Å². The summed E-state index contributed by atoms with van der Waals surface area (Å²) in [5.74, 6) is -0.662. The van der Waals surface area contributed by atoms with E-state index in [2.05, 4.69) is 15.0 Å². The summed E-state index contributed by atoms with van der Waals surface area (Å²) in [5, 5.41) is 2.37. The number of nitrogens with one attached hydrogen (secondary N) is 2. The van der Waals surface area contributed by atoms with Crippen LogP contribution in [0, 0.1) is 0 Å². The molecule has 0 aliphatic rings. The first-order chi connectivity index (χ1) is 8.79. The number of hydrogen-bond acceptors (Lipinski definition) is 3. The van der Waals surface area contributed by atoms with Crippen LogP contribution in [0.2, 0.25) is 0 Å². The minimum atomic E-state index is -4.40. The summed E-state index contributed by atoms with van der Waals surface area (Å²) in [6, 6.07) is 2.15. The molecule has 0 saturated carbocycles. The molecule has 0 aliphatic heterocycles. The molecule has 106 valence electrons. The molecule has 0 spiro atoms. The Morgan fingerprint density at radius 3 is 2.79 bits per heavy atom. The maximum atomic E-state index is 11.8. The molecule has 1 rings (SSSR count). The van der Waals surface area contributed by atoms with E-state index in [1.165, 1.54) is 25.3 Å². The van der Waals surface area contributed by atoms with Crippen LogP contribution in [0.3, 0.4) is 0 Å². The topological polar surface area (TPSA) is 71.2 Å². The van der Waals surface area contributed by atoms with Crippen LogP contribution in [0.4, 0.5) is 13.2 Å². The van der Waals surface area contributed by atoms with Crippen LogP contribution in [0.5, 0.6) is 0 Å². The zero-order chi connectivity index (χ0) is 14.5. The highest BCUT2D eigenvalue weighted by Crippen LogP contribution is 2.14. The number of amides is 1. The van der Waals surface area contributed by atoms with Crippen molar-refractivity contribution >= 4 is 5.91 Å². The Hall–Kier alpha value is -1.83. The summed E-state index contributed by atoms with van der Waals surface area (Å²) in [7, 11) is 0. The molecule has 0 unspecified atom stereocenters. The maximum absolute atomic E-state index is 11.8. The van der Waals surface area contributed by atoms with E-state index in [0.717, 1.165) is 0 Å². The lowest BCUT2D eigenvalue weighted by Gasteiger charge is -2.14. The third-order valence-electron chi connectivity index (χ3n) is 2.07. The van der Waals surface area contributed by atoms with Gasteiger partial charge >= 0.3 is 6.18 Å². The number of H-pyrrole nitrogens is 1. The molecule has 8 heteroatoms. The Balaban J connectivity index is 2.45. The van der Waals surface area contributed by atoms with Gasteiger partial charge in [0.1, 0.15) is 12.2 Å². The number of ether oxygens (including phenoxy) is 1. The second-order valence-corrected chi connectivity index (χ2v) is 3.92. The van der Waals surface area contributed by atoms with E-state index >= 15 is 0 Å². The molecule has 2 N–H and O–H groups in total. The lowest BCUT2D eigenvalue weighted by molar-refractivity contribution is -0.174. The fraction of sp³-hybridized carbons (Fsp3) is 0.455. The van der Waals surface area contributed by atoms with Gasteiger partial charge in [0, 0.05) is 12.2 Å². The largest absolute Gasteiger partial charge is 0.411 e. The van der Waals surface area contributed by atoms with E-state index in [0.29, 0.717) is 0 Å². The quantitative estimate of drug-likeness (QED) is 0.846. The average Bonchev–Trinajstić information content (AvgIpc) is 2.27. The molecule has 0 bridgehead atoms. The second-order valence-electron chi connectivity index (χ2n) is 3.92. The number of aromatic amines is 1. The number of carbonyl (C=O) groups is 1. The lowest BCUT2D eigenvalue weighted by atomic mass is 10.2. The number of pyridine rings is 1. The van der Waals surface area contributed by atoms with Crippen LogP contribution in [-0.4, -0.2) is 36.3 Å². The SMILES string of the molecule is C[C@H](COCC(F)(F)F)NC(=O)c1ccc[nH]c1=O. The summed E-state index contributed by atoms with van der Waals surface area (Å²) in [4.78, 5) is 25.2. The van der Waals surface area contributed by atoms with Gasteiger partial charge < -0.3 is 15.0 Å². The molecule has 0 radical (unpaired) electrons. The zero-order valence-electron chi connectivity index (χ0n) is 10.1. The summed E-state index contributed by atoms with van der Waals surface area (Å²) in [6.45, 7) is -0.194. The van der Waals surface area contributed by atoms with Gasteiger partial charge in [-0.15, -0.1) is 0 Å². The van der Waals surface area contributed by atoms with Crippen molar-refractivity contribution in [3.63, 3.8) is 0 Å². The van der Waals surface area contributed by atoms with Crippen LogP contribution >= 0.6 is 0 Å². The molecule has 1 aromatic heterocycles. The number of rotatable bonds is 5. The van der Waals surface area contributed by atoms with E-state index in [1.807, 2.05) is 0 Å². The highest BCUT2D eigenvalue weighted by Gasteiger charge is 2.27. The monoisotopic (exact) mass is 278 g/mol. The molecule has 0 aromatic carbocycles. The lowest BCUT2D eigenvalue weighted by Crippen LogP contribution is -2.39. The van der Waals surface area contributed by atoms with Crippen molar-refractivity contribution in [2.75, 3.05) is 13.2 Å². The van der Waals surface area contributed by atoms with Crippen molar-refractivity contribution in [2.45, 2.75) is 19.1 Å². The average molecular weight is 278 g/mol. The predicted molar refractivity (Wildman–Crippen MR) is 60.9 cm³/mol. The fourth-order valence-corrected chi connectivity index (χ4v) is 1.30. The smallest absolute Gasteiger partial charge is 0.370 e. The molecule has 1 atom stereocenters. The second kappa shape index (κ2) is 6.37. The van der Waals surface area contributed by atoms with Crippen molar-refractivity contribution in [1.29, 1.82) is 0 Å². The molecule has 0 aliphatic carbocycles. The highest BCUT2D eigenvalue weighted by molar-refractivity contribution is 5.93. The third-order valence-corrected chi connectivity index (χ3v) is 2.07. The van der Waals surface area contributed by atoms with Gasteiger partial charge in [0.05, 0.1) is 6.61 Å². The van der Waals surface area contributed by atoms with Gasteiger partial charge in [0.2, 0.25) is 0 Å². The van der Waals surface area contributed by atoms with Crippen molar-refractivity contribution in [2.24, 2.45) is 0 Å². The predicted octanol–water partition coefficient (Wildman–Crippen LogP) is 1.07. The van der Waals surface area contributed by atoms with Gasteiger partial charge in [0.25, 0.3) is 11.5 Å². The normalized spacial score (nSPS) is 13.1. The maximum Gasteiger partial charge on any atom is 0.411 e. The number of aromatic nitrogens is 1. The fourth-order valence-electron chi connectivity index (χ4n) is 1.30. The van der Waals surface area contributed by atoms with E-state index in [-0.39, 0.29) is 12.2 Å². The summed E-state index contributed by atoms with van der Waals surface area (Å²) < 4.78 is 39.9. The van der Waals surface area contributed by atoms with Crippen LogP contribution in [0.1, 0.15) is 17.3 Å². The van der Waals surface area contributed by atoms with E-state index in [9.17, 15) is 22.8 Å². The Morgan fingerprint density at radius 1 is 1.53 bits per heavy atom. The van der Waals surface area contributed by atoms with E-state index in [4.69, 9.17) is 0 Å². The van der Waals surface area contributed by atoms with E-state index < -0.39 is 30.3 Å². The van der Waals surface area contributed by atoms with Crippen molar-refractivity contribution < 1.29 is 22.7 Å². The minimum absolute atomic E-state index is 0.106. The minimum Gasteiger partial charge on any atom is -0.370 e. The Labute approximate surface area is 106 Å². The Bertz CT molecular complexity index is 485. The van der Waals surface area contributed by atoms with Gasteiger partial charge in [-0.2, -0.15) is 13.2 Å². The summed E-state index contributed by atoms with van der Waals surface area (Å²) in [5.41, 5.74) is -0.673. The number of carbonyl (C=O) groups excluding carboxylic acids is 1. The van der Waals surface area contributed by atoms with Gasteiger partial charge in [-0.1, -0.05) is 0 Å². The first-order valence-corrected chi connectivity index (χ1v) is 5.42. The number of halogens is 3. The van der Waals surface area contributed by atoms with Crippen molar-refractivity contribution in [3.8, 4) is 0 Å². The van der Waals surface area contributed by atoms with Crippen molar-refractivity contribution in [3.05, 3.63) is 34.2 Å². The molecule has 1 aromatic rings. The first-order valence-electron chi connectivity index (χ1n) is 5.42.